The number of fused-ring (bicyclic) bond motifs is 15. The van der Waals surface area contributed by atoms with Gasteiger partial charge in [-0.15, -0.1) is 0 Å². The number of pyridine rings is 1. The molecule has 4 heterocycles. The van der Waals surface area contributed by atoms with E-state index in [-0.39, 0.29) is 10.8 Å². The van der Waals surface area contributed by atoms with Gasteiger partial charge in [0, 0.05) is 72.6 Å². The zero-order valence-electron chi connectivity index (χ0n) is 35.6. The maximum atomic E-state index is 4.67. The van der Waals surface area contributed by atoms with Gasteiger partial charge in [-0.2, -0.15) is 0 Å². The highest BCUT2D eigenvalue weighted by molar-refractivity contribution is 6.14. The van der Waals surface area contributed by atoms with Crippen molar-refractivity contribution in [2.45, 2.75) is 38.5 Å². The second-order valence-corrected chi connectivity index (χ2v) is 18.8. The first-order valence-electron chi connectivity index (χ1n) is 22.1. The van der Waals surface area contributed by atoms with Crippen molar-refractivity contribution in [2.75, 3.05) is 0 Å². The molecule has 2 aliphatic carbocycles. The van der Waals surface area contributed by atoms with Crippen LogP contribution in [0, 0.1) is 0 Å². The maximum Gasteiger partial charge on any atom is 0.0571 e. The van der Waals surface area contributed by atoms with Crippen LogP contribution in [0.5, 0.6) is 0 Å². The van der Waals surface area contributed by atoms with E-state index in [1.807, 2.05) is 12.4 Å². The highest BCUT2D eigenvalue weighted by Crippen LogP contribution is 2.53. The molecule has 14 rings (SSSR count). The van der Waals surface area contributed by atoms with Crippen LogP contribution in [0.1, 0.15) is 49.9 Å². The van der Waals surface area contributed by atoms with Gasteiger partial charge in [0.2, 0.25) is 0 Å². The summed E-state index contributed by atoms with van der Waals surface area (Å²) in [5.41, 5.74) is 21.4. The Morgan fingerprint density at radius 1 is 0.317 bits per heavy atom. The minimum Gasteiger partial charge on any atom is -0.309 e. The molecule has 0 unspecified atom stereocenters. The Morgan fingerprint density at radius 3 is 1.32 bits per heavy atom. The van der Waals surface area contributed by atoms with Crippen LogP contribution in [-0.4, -0.2) is 18.7 Å². The molecule has 63 heavy (non-hydrogen) atoms. The van der Waals surface area contributed by atoms with Crippen LogP contribution in [0.15, 0.2) is 182 Å². The average molecular weight is 807 g/mol. The molecule has 0 amide bonds. The van der Waals surface area contributed by atoms with Crippen molar-refractivity contribution >= 4 is 65.4 Å². The summed E-state index contributed by atoms with van der Waals surface area (Å²) in [5.74, 6) is 0. The lowest BCUT2D eigenvalue weighted by atomic mass is 9.82. The molecule has 0 saturated heterocycles. The highest BCUT2D eigenvalue weighted by Gasteiger charge is 2.37. The first kappa shape index (κ1) is 35.0. The fourth-order valence-electron chi connectivity index (χ4n) is 11.9. The second kappa shape index (κ2) is 12.0. The van der Waals surface area contributed by atoms with Crippen molar-refractivity contribution in [1.82, 2.24) is 18.7 Å². The quantitative estimate of drug-likeness (QED) is 0.175. The Kier molecular flexibility index (Phi) is 6.67. The van der Waals surface area contributed by atoms with Crippen molar-refractivity contribution in [3.63, 3.8) is 0 Å². The van der Waals surface area contributed by atoms with Gasteiger partial charge in [-0.1, -0.05) is 113 Å². The third-order valence-electron chi connectivity index (χ3n) is 14.9. The Balaban J connectivity index is 0.930. The lowest BCUT2D eigenvalue weighted by Gasteiger charge is -2.21. The van der Waals surface area contributed by atoms with Crippen LogP contribution in [0.25, 0.3) is 105 Å². The van der Waals surface area contributed by atoms with Gasteiger partial charge in [0.05, 0.1) is 33.1 Å². The first-order valence-corrected chi connectivity index (χ1v) is 22.1. The predicted octanol–water partition coefficient (Wildman–Crippen LogP) is 15.0. The Morgan fingerprint density at radius 2 is 0.746 bits per heavy atom. The zero-order valence-corrected chi connectivity index (χ0v) is 35.6. The number of aromatic nitrogens is 4. The van der Waals surface area contributed by atoms with Crippen molar-refractivity contribution in [3.05, 3.63) is 205 Å². The maximum absolute atomic E-state index is 4.67. The van der Waals surface area contributed by atoms with Gasteiger partial charge in [-0.05, 0) is 129 Å². The number of rotatable bonds is 3. The summed E-state index contributed by atoms with van der Waals surface area (Å²) in [5, 5.41) is 7.42. The number of hydrogen-bond acceptors (Lipinski definition) is 1. The van der Waals surface area contributed by atoms with Crippen molar-refractivity contribution < 1.29 is 0 Å². The van der Waals surface area contributed by atoms with E-state index in [0.717, 1.165) is 33.5 Å². The smallest absolute Gasteiger partial charge is 0.0571 e. The van der Waals surface area contributed by atoms with E-state index >= 15 is 0 Å². The SMILES string of the molecule is CC1(C)c2ccccc2-c2cc3c4ccccc4n(-c4ccc(-n5c6ccncc6c6cc(-n7c8ccccc8c8cc9c(cc87)C(C)(C)c7ccccc7-9)ccc65)cc4)c3cc21. The van der Waals surface area contributed by atoms with Gasteiger partial charge in [-0.3, -0.25) is 4.98 Å². The van der Waals surface area contributed by atoms with E-state index in [1.54, 1.807) is 0 Å². The molecule has 8 aromatic carbocycles. The van der Waals surface area contributed by atoms with Gasteiger partial charge >= 0.3 is 0 Å². The van der Waals surface area contributed by atoms with E-state index in [4.69, 9.17) is 0 Å². The summed E-state index contributed by atoms with van der Waals surface area (Å²) in [4.78, 5) is 4.67. The van der Waals surface area contributed by atoms with Crippen molar-refractivity contribution in [2.24, 2.45) is 0 Å². The van der Waals surface area contributed by atoms with Crippen LogP contribution in [-0.2, 0) is 10.8 Å². The van der Waals surface area contributed by atoms with E-state index in [0.29, 0.717) is 0 Å². The monoisotopic (exact) mass is 806 g/mol. The van der Waals surface area contributed by atoms with Gasteiger partial charge in [-0.25, -0.2) is 0 Å². The van der Waals surface area contributed by atoms with Crippen LogP contribution in [0.2, 0.25) is 0 Å². The number of benzene rings is 8. The normalized spacial score (nSPS) is 14.6. The average Bonchev–Trinajstić information content (AvgIpc) is 4.05. The van der Waals surface area contributed by atoms with Gasteiger partial charge in [0.1, 0.15) is 0 Å². The Bertz CT molecular complexity index is 3960. The van der Waals surface area contributed by atoms with Gasteiger partial charge in [0.15, 0.2) is 0 Å². The topological polar surface area (TPSA) is 27.7 Å². The van der Waals surface area contributed by atoms with E-state index in [9.17, 15) is 0 Å². The molecule has 4 aromatic heterocycles. The number of para-hydroxylation sites is 2. The molecule has 4 heteroatoms. The molecular weight excluding hydrogens is 765 g/mol. The number of hydrogen-bond donors (Lipinski definition) is 0. The minimum absolute atomic E-state index is 0.0817. The van der Waals surface area contributed by atoms with Crippen molar-refractivity contribution in [1.29, 1.82) is 0 Å². The third kappa shape index (κ3) is 4.47. The van der Waals surface area contributed by atoms with Crippen LogP contribution >= 0.6 is 0 Å². The zero-order chi connectivity index (χ0) is 41.9. The van der Waals surface area contributed by atoms with Crippen LogP contribution < -0.4 is 0 Å². The summed E-state index contributed by atoms with van der Waals surface area (Å²) < 4.78 is 7.33. The molecule has 12 aromatic rings. The molecule has 0 spiro atoms. The summed E-state index contributed by atoms with van der Waals surface area (Å²) in [6.07, 6.45) is 3.94. The van der Waals surface area contributed by atoms with Crippen LogP contribution in [0.4, 0.5) is 0 Å². The van der Waals surface area contributed by atoms with Crippen LogP contribution in [0.3, 0.4) is 0 Å². The Labute approximate surface area is 364 Å². The molecule has 0 saturated carbocycles. The standard InChI is InChI=1S/C59H42N4/c1-58(2)48-17-9-5-13-38(48)42-30-45-40-15-7-11-19-52(40)62(56(45)32-50(42)58)36-23-21-35(22-24-36)61-54-26-25-37(29-44(54)47-34-60-28-27-55(47)61)63-53-20-12-8-16-41(53)46-31-43-39-14-6-10-18-49(39)59(3,4)51(43)33-57(46)63/h5-34H,1-4H3. The lowest BCUT2D eigenvalue weighted by molar-refractivity contribution is 0.661. The summed E-state index contributed by atoms with van der Waals surface area (Å²) in [6.45, 7) is 9.46. The molecule has 0 radical (unpaired) electrons. The summed E-state index contributed by atoms with van der Waals surface area (Å²) in [6, 6.07) is 63.6. The fourth-order valence-corrected chi connectivity index (χ4v) is 11.9. The molecule has 4 nitrogen and oxygen atoms in total. The van der Waals surface area contributed by atoms with E-state index < -0.39 is 0 Å². The first-order chi connectivity index (χ1) is 30.8. The van der Waals surface area contributed by atoms with E-state index in [2.05, 4.69) is 216 Å². The largest absolute Gasteiger partial charge is 0.309 e. The molecule has 0 aliphatic heterocycles. The molecule has 2 aliphatic rings. The fraction of sp³-hybridized carbons (Fsp3) is 0.102. The summed E-state index contributed by atoms with van der Waals surface area (Å²) in [7, 11) is 0. The molecule has 0 bridgehead atoms. The predicted molar refractivity (Wildman–Crippen MR) is 262 cm³/mol. The molecule has 0 atom stereocenters. The molecule has 0 fully saturated rings. The van der Waals surface area contributed by atoms with Gasteiger partial charge in [0.25, 0.3) is 0 Å². The Hall–Kier alpha value is -7.69. The summed E-state index contributed by atoms with van der Waals surface area (Å²) >= 11 is 0. The molecule has 298 valence electrons. The second-order valence-electron chi connectivity index (χ2n) is 18.8. The molecular formula is C59H42N4. The van der Waals surface area contributed by atoms with Gasteiger partial charge < -0.3 is 13.7 Å². The van der Waals surface area contributed by atoms with Crippen molar-refractivity contribution in [3.8, 4) is 39.3 Å². The number of nitrogens with zero attached hydrogens (tertiary/aromatic N) is 4. The third-order valence-corrected chi connectivity index (χ3v) is 14.9. The lowest BCUT2D eigenvalue weighted by Crippen LogP contribution is -2.14. The molecule has 0 N–H and O–H groups in total. The highest BCUT2D eigenvalue weighted by atomic mass is 15.0. The van der Waals surface area contributed by atoms with E-state index in [1.165, 1.54) is 93.5 Å². The minimum atomic E-state index is -0.0922.